The number of aromatic amines is 1. The maximum absolute atomic E-state index is 13.3. The molecule has 0 aliphatic carbocycles. The molecule has 0 amide bonds. The highest BCUT2D eigenvalue weighted by Crippen LogP contribution is 2.29. The van der Waals surface area contributed by atoms with Gasteiger partial charge in [0.25, 0.3) is 5.56 Å². The van der Waals surface area contributed by atoms with Crippen LogP contribution in [0.2, 0.25) is 0 Å². The van der Waals surface area contributed by atoms with Crippen LogP contribution in [0.5, 0.6) is 5.75 Å². The molecule has 206 valence electrons. The summed E-state index contributed by atoms with van der Waals surface area (Å²) in [7, 11) is 1.67. The minimum absolute atomic E-state index is 0.0688. The number of tetrazole rings is 1. The molecular weight excluding hydrogens is 492 g/mol. The molecule has 1 saturated heterocycles. The summed E-state index contributed by atoms with van der Waals surface area (Å²) >= 11 is 0. The van der Waals surface area contributed by atoms with Crippen molar-refractivity contribution < 1.29 is 9.47 Å². The number of methoxy groups -OCH3 is 1. The predicted molar refractivity (Wildman–Crippen MR) is 151 cm³/mol. The van der Waals surface area contributed by atoms with E-state index >= 15 is 0 Å². The third kappa shape index (κ3) is 6.37. The van der Waals surface area contributed by atoms with Crippen molar-refractivity contribution in [2.75, 3.05) is 13.7 Å². The van der Waals surface area contributed by atoms with Crippen molar-refractivity contribution in [1.82, 2.24) is 30.1 Å². The topological polar surface area (TPSA) is 98.2 Å². The van der Waals surface area contributed by atoms with Gasteiger partial charge < -0.3 is 14.5 Å². The van der Waals surface area contributed by atoms with Crippen molar-refractivity contribution in [3.05, 3.63) is 81.4 Å². The van der Waals surface area contributed by atoms with Crippen molar-refractivity contribution >= 4 is 10.9 Å². The minimum Gasteiger partial charge on any atom is -0.497 e. The molecule has 1 aliphatic heterocycles. The Morgan fingerprint density at radius 2 is 1.95 bits per heavy atom. The van der Waals surface area contributed by atoms with Crippen molar-refractivity contribution in [2.24, 2.45) is 0 Å². The molecule has 0 unspecified atom stereocenters. The maximum atomic E-state index is 13.3. The lowest BCUT2D eigenvalue weighted by Gasteiger charge is -2.31. The van der Waals surface area contributed by atoms with Gasteiger partial charge >= 0.3 is 0 Å². The summed E-state index contributed by atoms with van der Waals surface area (Å²) in [6.07, 6.45) is 4.95. The molecule has 39 heavy (non-hydrogen) atoms. The van der Waals surface area contributed by atoms with Crippen LogP contribution in [-0.4, -0.2) is 49.9 Å². The van der Waals surface area contributed by atoms with Crippen LogP contribution in [0.4, 0.5) is 0 Å². The standard InChI is InChI=1S/C30H38N6O3/c1-4-7-28(29-32-33-34-36(29)20-26-8-6-15-39-26)35(18-22-9-12-25(38-3)13-10-22)19-24-17-23-16-21(5-2)11-14-27(23)31-30(24)37/h9-14,16-17,26,28H,4-8,15,18-20H2,1-3H3,(H,31,37)/t26-,28-/m0/s1. The normalized spacial score (nSPS) is 16.3. The first-order valence-electron chi connectivity index (χ1n) is 14.0. The first kappa shape index (κ1) is 27.0. The van der Waals surface area contributed by atoms with E-state index in [-0.39, 0.29) is 17.7 Å². The number of aromatic nitrogens is 5. The number of fused-ring (bicyclic) bond motifs is 1. The Morgan fingerprint density at radius 3 is 2.67 bits per heavy atom. The molecule has 9 nitrogen and oxygen atoms in total. The van der Waals surface area contributed by atoms with Crippen LogP contribution in [0, 0.1) is 0 Å². The molecule has 9 heteroatoms. The zero-order valence-corrected chi connectivity index (χ0v) is 23.1. The van der Waals surface area contributed by atoms with E-state index < -0.39 is 0 Å². The molecule has 1 aliphatic rings. The smallest absolute Gasteiger partial charge is 0.252 e. The minimum atomic E-state index is -0.0782. The Morgan fingerprint density at radius 1 is 1.13 bits per heavy atom. The summed E-state index contributed by atoms with van der Waals surface area (Å²) in [5.74, 6) is 1.62. The van der Waals surface area contributed by atoms with Crippen LogP contribution in [0.25, 0.3) is 10.9 Å². The number of aryl methyl sites for hydroxylation is 1. The van der Waals surface area contributed by atoms with E-state index in [4.69, 9.17) is 9.47 Å². The van der Waals surface area contributed by atoms with E-state index in [1.807, 2.05) is 28.9 Å². The Hall–Kier alpha value is -3.56. The maximum Gasteiger partial charge on any atom is 0.252 e. The van der Waals surface area contributed by atoms with Crippen LogP contribution < -0.4 is 10.3 Å². The zero-order valence-electron chi connectivity index (χ0n) is 23.1. The molecule has 4 aromatic rings. The number of benzene rings is 2. The molecule has 0 spiro atoms. The zero-order chi connectivity index (χ0) is 27.2. The molecular formula is C30H38N6O3. The lowest BCUT2D eigenvalue weighted by molar-refractivity contribution is 0.0885. The number of ether oxygens (including phenoxy) is 2. The highest BCUT2D eigenvalue weighted by Gasteiger charge is 2.28. The highest BCUT2D eigenvalue weighted by atomic mass is 16.5. The van der Waals surface area contributed by atoms with Gasteiger partial charge in [-0.1, -0.05) is 38.5 Å². The van der Waals surface area contributed by atoms with E-state index in [2.05, 4.69) is 63.5 Å². The number of nitrogens with one attached hydrogen (secondary N) is 1. The molecule has 2 aromatic heterocycles. The average Bonchev–Trinajstić information content (AvgIpc) is 3.64. The van der Waals surface area contributed by atoms with E-state index in [9.17, 15) is 4.79 Å². The predicted octanol–water partition coefficient (Wildman–Crippen LogP) is 4.81. The van der Waals surface area contributed by atoms with Gasteiger partial charge in [-0.05, 0) is 83.0 Å². The quantitative estimate of drug-likeness (QED) is 0.281. The number of hydrogen-bond acceptors (Lipinski definition) is 7. The van der Waals surface area contributed by atoms with Crippen molar-refractivity contribution in [3.8, 4) is 5.75 Å². The molecule has 2 atom stereocenters. The Balaban J connectivity index is 1.52. The van der Waals surface area contributed by atoms with Gasteiger partial charge in [-0.2, -0.15) is 0 Å². The van der Waals surface area contributed by atoms with Gasteiger partial charge in [0, 0.05) is 30.8 Å². The summed E-state index contributed by atoms with van der Waals surface area (Å²) in [5.41, 5.74) is 3.88. The van der Waals surface area contributed by atoms with Gasteiger partial charge in [0.1, 0.15) is 5.75 Å². The molecule has 3 heterocycles. The monoisotopic (exact) mass is 530 g/mol. The van der Waals surface area contributed by atoms with Crippen molar-refractivity contribution in [2.45, 2.75) is 77.7 Å². The number of hydrogen-bond donors (Lipinski definition) is 1. The first-order valence-corrected chi connectivity index (χ1v) is 14.0. The summed E-state index contributed by atoms with van der Waals surface area (Å²) in [6, 6.07) is 16.3. The van der Waals surface area contributed by atoms with Crippen LogP contribution in [-0.2, 0) is 30.8 Å². The molecule has 5 rings (SSSR count). The molecule has 0 radical (unpaired) electrons. The third-order valence-corrected chi connectivity index (χ3v) is 7.57. The van der Waals surface area contributed by atoms with Crippen molar-refractivity contribution in [1.29, 1.82) is 0 Å². The molecule has 0 saturated carbocycles. The number of pyridine rings is 1. The van der Waals surface area contributed by atoms with Gasteiger partial charge in [0.2, 0.25) is 0 Å². The molecule has 2 aromatic carbocycles. The molecule has 1 N–H and O–H groups in total. The third-order valence-electron chi connectivity index (χ3n) is 7.57. The second-order valence-corrected chi connectivity index (χ2v) is 10.3. The van der Waals surface area contributed by atoms with Crippen LogP contribution in [0.3, 0.4) is 0 Å². The summed E-state index contributed by atoms with van der Waals surface area (Å²) in [5, 5.41) is 14.0. The second-order valence-electron chi connectivity index (χ2n) is 10.3. The second kappa shape index (κ2) is 12.5. The van der Waals surface area contributed by atoms with E-state index in [1.165, 1.54) is 5.56 Å². The van der Waals surface area contributed by atoms with Gasteiger partial charge in [0.15, 0.2) is 5.82 Å². The summed E-state index contributed by atoms with van der Waals surface area (Å²) in [6.45, 7) is 6.82. The fraction of sp³-hybridized carbons (Fsp3) is 0.467. The van der Waals surface area contributed by atoms with Crippen LogP contribution in [0.15, 0.2) is 53.3 Å². The Labute approximate surface area is 229 Å². The largest absolute Gasteiger partial charge is 0.497 e. The van der Waals surface area contributed by atoms with E-state index in [1.54, 1.807) is 7.11 Å². The Kier molecular flexibility index (Phi) is 8.68. The van der Waals surface area contributed by atoms with Gasteiger partial charge in [-0.3, -0.25) is 9.69 Å². The lowest BCUT2D eigenvalue weighted by atomic mass is 10.0. The van der Waals surface area contributed by atoms with Gasteiger partial charge in [-0.25, -0.2) is 4.68 Å². The fourth-order valence-electron chi connectivity index (χ4n) is 5.41. The average molecular weight is 531 g/mol. The Bertz CT molecular complexity index is 1420. The molecule has 1 fully saturated rings. The van der Waals surface area contributed by atoms with Crippen LogP contribution >= 0.6 is 0 Å². The lowest BCUT2D eigenvalue weighted by Crippen LogP contribution is -2.33. The van der Waals surface area contributed by atoms with Gasteiger partial charge in [0.05, 0.1) is 25.8 Å². The van der Waals surface area contributed by atoms with Gasteiger partial charge in [-0.15, -0.1) is 5.10 Å². The number of nitrogens with zero attached hydrogens (tertiary/aromatic N) is 5. The van der Waals surface area contributed by atoms with E-state index in [0.29, 0.717) is 19.6 Å². The fourth-order valence-corrected chi connectivity index (χ4v) is 5.41. The highest BCUT2D eigenvalue weighted by molar-refractivity contribution is 5.79. The summed E-state index contributed by atoms with van der Waals surface area (Å²) in [4.78, 5) is 18.7. The van der Waals surface area contributed by atoms with E-state index in [0.717, 1.165) is 72.3 Å². The SMILES string of the molecule is CCC[C@@H](c1nnnn1C[C@@H]1CCCO1)N(Cc1ccc(OC)cc1)Cc1cc2cc(CC)ccc2[nH]c1=O. The molecule has 0 bridgehead atoms. The van der Waals surface area contributed by atoms with Crippen LogP contribution in [0.1, 0.15) is 68.1 Å². The number of H-pyrrole nitrogens is 1. The van der Waals surface area contributed by atoms with Crippen molar-refractivity contribution in [3.63, 3.8) is 0 Å². The number of rotatable bonds is 12. The first-order chi connectivity index (χ1) is 19.1. The summed E-state index contributed by atoms with van der Waals surface area (Å²) < 4.78 is 13.1.